The Kier molecular flexibility index (Phi) is 14.8. The van der Waals surface area contributed by atoms with Crippen LogP contribution >= 0.6 is 0 Å². The molecule has 0 saturated heterocycles. The average Bonchev–Trinajstić information content (AvgIpc) is 2.61. The predicted octanol–water partition coefficient (Wildman–Crippen LogP) is 5.80. The van der Waals surface area contributed by atoms with Crippen molar-refractivity contribution in [1.29, 1.82) is 0 Å². The Labute approximate surface area is 141 Å². The van der Waals surface area contributed by atoms with E-state index in [1.165, 1.54) is 37.7 Å². The molecule has 2 rings (SSSR count). The van der Waals surface area contributed by atoms with Crippen LogP contribution in [0.25, 0.3) is 0 Å². The Morgan fingerprint density at radius 1 is 0.826 bits per heavy atom. The van der Waals surface area contributed by atoms with Crippen LogP contribution in [-0.2, 0) is 11.2 Å². The Morgan fingerprint density at radius 2 is 1.35 bits per heavy atom. The number of carbonyl (C=O) groups is 1. The summed E-state index contributed by atoms with van der Waals surface area (Å²) >= 11 is 0. The third-order valence-electron chi connectivity index (χ3n) is 3.08. The van der Waals surface area contributed by atoms with Crippen molar-refractivity contribution in [2.45, 2.75) is 52.4 Å². The van der Waals surface area contributed by atoms with Crippen LogP contribution in [-0.4, -0.2) is 11.4 Å². The van der Waals surface area contributed by atoms with Crippen LogP contribution in [0.1, 0.15) is 51.5 Å². The fourth-order valence-corrected chi connectivity index (χ4v) is 1.83. The highest BCUT2D eigenvalue weighted by Gasteiger charge is 1.90. The van der Waals surface area contributed by atoms with Gasteiger partial charge < -0.3 is 9.90 Å². The highest BCUT2D eigenvalue weighted by atomic mass is 16.3. The highest BCUT2D eigenvalue weighted by molar-refractivity contribution is 5.48. The molecular weight excluding hydrogens is 284 g/mol. The number of para-hydroxylation sites is 1. The van der Waals surface area contributed by atoms with E-state index in [1.807, 2.05) is 13.0 Å². The van der Waals surface area contributed by atoms with Crippen LogP contribution in [0.3, 0.4) is 0 Å². The minimum Gasteiger partial charge on any atom is -0.508 e. The molecule has 2 heteroatoms. The number of hydrogen-bond donors (Lipinski definition) is 1. The number of hydrogen-bond acceptors (Lipinski definition) is 2. The smallest absolute Gasteiger partial charge is 0.119 e. The molecule has 0 aliphatic rings. The van der Waals surface area contributed by atoms with Crippen molar-refractivity contribution in [1.82, 2.24) is 0 Å². The maximum absolute atomic E-state index is 9.17. The number of carbonyl (C=O) groups excluding carboxylic acids is 1. The molecule has 0 radical (unpaired) electrons. The molecule has 2 aromatic rings. The first-order valence-electron chi connectivity index (χ1n) is 8.46. The Morgan fingerprint density at radius 3 is 1.74 bits per heavy atom. The number of unbranched alkanes of at least 4 members (excludes halogenated alkanes) is 3. The summed E-state index contributed by atoms with van der Waals surface area (Å²) in [6, 6.07) is 19.5. The zero-order valence-electron chi connectivity index (χ0n) is 14.4. The van der Waals surface area contributed by atoms with E-state index in [-0.39, 0.29) is 0 Å². The van der Waals surface area contributed by atoms with E-state index in [1.54, 1.807) is 24.3 Å². The summed E-state index contributed by atoms with van der Waals surface area (Å²) < 4.78 is 0. The minimum absolute atomic E-state index is 0.322. The Hall–Kier alpha value is -2.09. The summed E-state index contributed by atoms with van der Waals surface area (Å²) in [5.74, 6) is 0.322. The molecule has 0 aliphatic carbocycles. The molecule has 1 N–H and O–H groups in total. The number of aldehydes is 1. The van der Waals surface area contributed by atoms with Gasteiger partial charge in [0.15, 0.2) is 0 Å². The quantitative estimate of drug-likeness (QED) is 0.540. The summed E-state index contributed by atoms with van der Waals surface area (Å²) in [4.78, 5) is 9.17. The van der Waals surface area contributed by atoms with Crippen molar-refractivity contribution in [3.05, 3.63) is 66.2 Å². The second kappa shape index (κ2) is 16.3. The highest BCUT2D eigenvalue weighted by Crippen LogP contribution is 2.06. The molecule has 2 nitrogen and oxygen atoms in total. The molecule has 23 heavy (non-hydrogen) atoms. The number of aromatic hydroxyl groups is 1. The first-order valence-corrected chi connectivity index (χ1v) is 8.46. The van der Waals surface area contributed by atoms with Gasteiger partial charge in [-0.3, -0.25) is 0 Å². The zero-order chi connectivity index (χ0) is 17.2. The van der Waals surface area contributed by atoms with Crippen LogP contribution in [0.2, 0.25) is 0 Å². The van der Waals surface area contributed by atoms with Gasteiger partial charge in [-0.1, -0.05) is 81.6 Å². The van der Waals surface area contributed by atoms with E-state index in [4.69, 9.17) is 5.11 Å². The Bertz CT molecular complexity index is 466. The van der Waals surface area contributed by atoms with Crippen LogP contribution in [0.4, 0.5) is 0 Å². The molecular formula is C21H30O2. The lowest BCUT2D eigenvalue weighted by molar-refractivity contribution is -0.107. The molecule has 0 bridgehead atoms. The van der Waals surface area contributed by atoms with E-state index >= 15 is 0 Å². The molecule has 0 aromatic heterocycles. The number of aryl methyl sites for hydroxylation is 1. The zero-order valence-corrected chi connectivity index (χ0v) is 14.4. The van der Waals surface area contributed by atoms with Crippen molar-refractivity contribution in [2.75, 3.05) is 0 Å². The summed E-state index contributed by atoms with van der Waals surface area (Å²) in [5, 5.41) is 8.63. The lowest BCUT2D eigenvalue weighted by atomic mass is 10.1. The van der Waals surface area contributed by atoms with Gasteiger partial charge in [0.05, 0.1) is 0 Å². The van der Waals surface area contributed by atoms with E-state index in [0.717, 1.165) is 6.29 Å². The SMILES string of the molecule is CCC=O.CCCCCCc1ccccc1.Oc1ccccc1. The first kappa shape index (κ1) is 20.9. The lowest BCUT2D eigenvalue weighted by Gasteiger charge is -1.99. The number of rotatable bonds is 6. The van der Waals surface area contributed by atoms with Gasteiger partial charge in [-0.25, -0.2) is 0 Å². The van der Waals surface area contributed by atoms with Gasteiger partial charge in [0.25, 0.3) is 0 Å². The summed E-state index contributed by atoms with van der Waals surface area (Å²) in [5.41, 5.74) is 1.48. The maximum atomic E-state index is 9.17. The fraction of sp³-hybridized carbons (Fsp3) is 0.381. The normalized spacial score (nSPS) is 8.96. The van der Waals surface area contributed by atoms with Gasteiger partial charge in [-0.2, -0.15) is 0 Å². The van der Waals surface area contributed by atoms with Crippen molar-refractivity contribution < 1.29 is 9.90 Å². The fourth-order valence-electron chi connectivity index (χ4n) is 1.83. The average molecular weight is 314 g/mol. The van der Waals surface area contributed by atoms with E-state index in [0.29, 0.717) is 12.2 Å². The van der Waals surface area contributed by atoms with Gasteiger partial charge >= 0.3 is 0 Å². The van der Waals surface area contributed by atoms with Crippen LogP contribution in [0.5, 0.6) is 5.75 Å². The number of phenols is 1. The minimum atomic E-state index is 0.322. The molecule has 0 amide bonds. The standard InChI is InChI=1S/C12H18.C6H6O.C3H6O/c1-2-3-4-6-9-12-10-7-5-8-11-12;7-6-4-2-1-3-5-6;1-2-3-4/h5,7-8,10-11H,2-4,6,9H2,1H3;1-5,7H;3H,2H2,1H3. The van der Waals surface area contributed by atoms with Crippen LogP contribution in [0, 0.1) is 0 Å². The molecule has 0 aliphatic heterocycles. The van der Waals surface area contributed by atoms with Crippen LogP contribution in [0.15, 0.2) is 60.7 Å². The first-order chi connectivity index (χ1) is 11.2. The molecule has 126 valence electrons. The van der Waals surface area contributed by atoms with Gasteiger partial charge in [-0.05, 0) is 30.5 Å². The van der Waals surface area contributed by atoms with Crippen LogP contribution < -0.4 is 0 Å². The van der Waals surface area contributed by atoms with Crippen molar-refractivity contribution in [3.63, 3.8) is 0 Å². The second-order valence-electron chi connectivity index (χ2n) is 5.21. The lowest BCUT2D eigenvalue weighted by Crippen LogP contribution is -1.84. The molecule has 2 aromatic carbocycles. The van der Waals surface area contributed by atoms with Gasteiger partial charge in [-0.15, -0.1) is 0 Å². The van der Waals surface area contributed by atoms with Crippen molar-refractivity contribution >= 4 is 6.29 Å². The molecule has 0 spiro atoms. The number of phenolic OH excluding ortho intramolecular Hbond substituents is 1. The third kappa shape index (κ3) is 14.6. The van der Waals surface area contributed by atoms with E-state index in [2.05, 4.69) is 37.3 Å². The maximum Gasteiger partial charge on any atom is 0.119 e. The summed E-state index contributed by atoms with van der Waals surface area (Å²) in [7, 11) is 0. The molecule has 0 heterocycles. The summed E-state index contributed by atoms with van der Waals surface area (Å²) in [6.07, 6.45) is 8.20. The van der Waals surface area contributed by atoms with Gasteiger partial charge in [0, 0.05) is 6.42 Å². The molecule has 0 unspecified atom stereocenters. The summed E-state index contributed by atoms with van der Waals surface area (Å²) in [6.45, 7) is 4.06. The monoisotopic (exact) mass is 314 g/mol. The largest absolute Gasteiger partial charge is 0.508 e. The number of benzene rings is 2. The molecule has 0 saturated carbocycles. The molecule has 0 atom stereocenters. The van der Waals surface area contributed by atoms with E-state index < -0.39 is 0 Å². The Balaban J connectivity index is 0.000000371. The van der Waals surface area contributed by atoms with Gasteiger partial charge in [0.2, 0.25) is 0 Å². The third-order valence-corrected chi connectivity index (χ3v) is 3.08. The van der Waals surface area contributed by atoms with Crippen molar-refractivity contribution in [3.8, 4) is 5.75 Å². The molecule has 0 fully saturated rings. The van der Waals surface area contributed by atoms with Gasteiger partial charge in [0.1, 0.15) is 12.0 Å². The van der Waals surface area contributed by atoms with Crippen molar-refractivity contribution in [2.24, 2.45) is 0 Å². The van der Waals surface area contributed by atoms with E-state index in [9.17, 15) is 4.79 Å². The second-order valence-corrected chi connectivity index (χ2v) is 5.21. The predicted molar refractivity (Wildman–Crippen MR) is 98.7 cm³/mol. The topological polar surface area (TPSA) is 37.3 Å².